The van der Waals surface area contributed by atoms with Crippen LogP contribution in [0.15, 0.2) is 38.1 Å². The zero-order valence-corrected chi connectivity index (χ0v) is 14.5. The molecule has 1 aromatic heterocycles. The molecule has 0 fully saturated rings. The minimum atomic E-state index is -3.63. The fraction of sp³-hybridized carbons (Fsp3) is 0.400. The molecule has 1 unspecified atom stereocenters. The lowest BCUT2D eigenvalue weighted by Gasteiger charge is -2.16. The molecule has 128 valence electrons. The van der Waals surface area contributed by atoms with Crippen molar-refractivity contribution in [3.63, 3.8) is 0 Å². The van der Waals surface area contributed by atoms with Crippen molar-refractivity contribution in [1.82, 2.24) is 20.4 Å². The van der Waals surface area contributed by atoms with Gasteiger partial charge in [-0.15, -0.1) is 4.40 Å². The van der Waals surface area contributed by atoms with Gasteiger partial charge in [-0.05, 0) is 26.1 Å². The minimum absolute atomic E-state index is 0.223. The smallest absolute Gasteiger partial charge is 0.285 e. The van der Waals surface area contributed by atoms with E-state index in [0.29, 0.717) is 29.5 Å². The van der Waals surface area contributed by atoms with Crippen molar-refractivity contribution in [2.45, 2.75) is 30.8 Å². The second-order valence-corrected chi connectivity index (χ2v) is 7.31. The van der Waals surface area contributed by atoms with Gasteiger partial charge in [0.2, 0.25) is 5.89 Å². The van der Waals surface area contributed by atoms with Gasteiger partial charge in [0.25, 0.3) is 10.0 Å². The van der Waals surface area contributed by atoms with Crippen LogP contribution in [0.2, 0.25) is 0 Å². The molecule has 0 aliphatic carbocycles. The monoisotopic (exact) mass is 349 g/mol. The highest BCUT2D eigenvalue weighted by Gasteiger charge is 2.30. The summed E-state index contributed by atoms with van der Waals surface area (Å²) in [5.74, 6) is 1.41. The lowest BCUT2D eigenvalue weighted by Crippen LogP contribution is -2.26. The molecule has 1 aliphatic heterocycles. The molecular weight excluding hydrogens is 330 g/mol. The van der Waals surface area contributed by atoms with Crippen LogP contribution in [-0.4, -0.2) is 49.4 Å². The third-order valence-electron chi connectivity index (χ3n) is 3.84. The van der Waals surface area contributed by atoms with Crippen LogP contribution in [0.5, 0.6) is 0 Å². The number of hydrogen-bond donors (Lipinski definition) is 1. The lowest BCUT2D eigenvalue weighted by atomic mass is 10.2. The Hall–Kier alpha value is -2.26. The fourth-order valence-corrected chi connectivity index (χ4v) is 3.71. The SMILES string of the molecule is CNC(C)Cc1noc(CN(C)C2=NS(=O)(=O)c3ccccc32)n1. The van der Waals surface area contributed by atoms with Crippen molar-refractivity contribution in [3.8, 4) is 0 Å². The largest absolute Gasteiger partial charge is 0.349 e. The lowest BCUT2D eigenvalue weighted by molar-refractivity contribution is 0.331. The zero-order chi connectivity index (χ0) is 17.3. The van der Waals surface area contributed by atoms with Crippen molar-refractivity contribution >= 4 is 15.9 Å². The van der Waals surface area contributed by atoms with Gasteiger partial charge in [0, 0.05) is 25.1 Å². The first-order chi connectivity index (χ1) is 11.4. The number of aromatic nitrogens is 2. The van der Waals surface area contributed by atoms with E-state index in [0.717, 1.165) is 0 Å². The van der Waals surface area contributed by atoms with E-state index in [4.69, 9.17) is 4.52 Å². The number of nitrogens with zero attached hydrogens (tertiary/aromatic N) is 4. The van der Waals surface area contributed by atoms with Gasteiger partial charge in [0.1, 0.15) is 4.90 Å². The van der Waals surface area contributed by atoms with Crippen LogP contribution in [-0.2, 0) is 23.0 Å². The predicted molar refractivity (Wildman–Crippen MR) is 88.2 cm³/mol. The van der Waals surface area contributed by atoms with E-state index < -0.39 is 10.0 Å². The summed E-state index contributed by atoms with van der Waals surface area (Å²) in [4.78, 5) is 6.26. The zero-order valence-electron chi connectivity index (χ0n) is 13.7. The average Bonchev–Trinajstić information content (AvgIpc) is 3.10. The quantitative estimate of drug-likeness (QED) is 0.852. The summed E-state index contributed by atoms with van der Waals surface area (Å²) in [6.45, 7) is 2.31. The molecule has 1 N–H and O–H groups in total. The number of benzene rings is 1. The topological polar surface area (TPSA) is 101 Å². The van der Waals surface area contributed by atoms with Crippen molar-refractivity contribution < 1.29 is 12.9 Å². The summed E-state index contributed by atoms with van der Waals surface area (Å²) >= 11 is 0. The van der Waals surface area contributed by atoms with Crippen LogP contribution in [0.3, 0.4) is 0 Å². The van der Waals surface area contributed by atoms with Gasteiger partial charge in [-0.3, -0.25) is 0 Å². The molecule has 9 heteroatoms. The highest BCUT2D eigenvalue weighted by atomic mass is 32.2. The molecule has 0 spiro atoms. The van der Waals surface area contributed by atoms with E-state index in [1.54, 1.807) is 36.2 Å². The Morgan fingerprint density at radius 3 is 2.83 bits per heavy atom. The maximum atomic E-state index is 12.1. The molecule has 0 amide bonds. The minimum Gasteiger partial charge on any atom is -0.349 e. The first-order valence-electron chi connectivity index (χ1n) is 7.55. The summed E-state index contributed by atoms with van der Waals surface area (Å²) in [6.07, 6.45) is 0.655. The Labute approximate surface area is 140 Å². The van der Waals surface area contributed by atoms with Gasteiger partial charge in [-0.1, -0.05) is 17.3 Å². The van der Waals surface area contributed by atoms with E-state index >= 15 is 0 Å². The van der Waals surface area contributed by atoms with Crippen molar-refractivity contribution in [2.75, 3.05) is 14.1 Å². The number of likely N-dealkylation sites (N-methyl/N-ethyl adjacent to an activating group) is 1. The molecule has 0 saturated carbocycles. The second kappa shape index (κ2) is 6.33. The van der Waals surface area contributed by atoms with Crippen molar-refractivity contribution in [1.29, 1.82) is 0 Å². The molecule has 0 radical (unpaired) electrons. The number of rotatable bonds is 5. The van der Waals surface area contributed by atoms with E-state index in [9.17, 15) is 8.42 Å². The molecule has 8 nitrogen and oxygen atoms in total. The average molecular weight is 349 g/mol. The summed E-state index contributed by atoms with van der Waals surface area (Å²) < 4.78 is 33.3. The van der Waals surface area contributed by atoms with E-state index in [1.807, 2.05) is 14.0 Å². The molecule has 1 aromatic carbocycles. The molecule has 1 atom stereocenters. The third-order valence-corrected chi connectivity index (χ3v) is 5.16. The summed E-state index contributed by atoms with van der Waals surface area (Å²) in [5.41, 5.74) is 0.587. The highest BCUT2D eigenvalue weighted by Crippen LogP contribution is 2.27. The fourth-order valence-electron chi connectivity index (χ4n) is 2.45. The van der Waals surface area contributed by atoms with E-state index in [2.05, 4.69) is 19.9 Å². The molecule has 2 aromatic rings. The number of fused-ring (bicyclic) bond motifs is 1. The highest BCUT2D eigenvalue weighted by molar-refractivity contribution is 7.90. The Morgan fingerprint density at radius 1 is 1.33 bits per heavy atom. The van der Waals surface area contributed by atoms with Gasteiger partial charge in [0.15, 0.2) is 11.7 Å². The van der Waals surface area contributed by atoms with Gasteiger partial charge < -0.3 is 14.7 Å². The number of sulfonamides is 1. The first-order valence-corrected chi connectivity index (χ1v) is 8.99. The van der Waals surface area contributed by atoms with Crippen LogP contribution in [0.4, 0.5) is 0 Å². The van der Waals surface area contributed by atoms with Crippen LogP contribution >= 0.6 is 0 Å². The molecule has 2 heterocycles. The van der Waals surface area contributed by atoms with Crippen molar-refractivity contribution in [3.05, 3.63) is 41.5 Å². The predicted octanol–water partition coefficient (Wildman–Crippen LogP) is 0.801. The summed E-state index contributed by atoms with van der Waals surface area (Å²) in [7, 11) is -0.0176. The Bertz CT molecular complexity index is 875. The molecule has 0 saturated heterocycles. The standard InChI is InChI=1S/C15H19N5O3S/c1-10(16-2)8-13-17-14(23-18-13)9-20(3)15-11-6-4-5-7-12(11)24(21,22)19-15/h4-7,10,16H,8-9H2,1-3H3. The van der Waals surface area contributed by atoms with Gasteiger partial charge >= 0.3 is 0 Å². The van der Waals surface area contributed by atoms with Crippen LogP contribution in [0.25, 0.3) is 0 Å². The molecule has 24 heavy (non-hydrogen) atoms. The van der Waals surface area contributed by atoms with Gasteiger partial charge in [-0.25, -0.2) is 0 Å². The first kappa shape index (κ1) is 16.6. The normalized spacial score (nSPS) is 16.5. The van der Waals surface area contributed by atoms with E-state index in [1.165, 1.54) is 0 Å². The maximum Gasteiger partial charge on any atom is 0.285 e. The molecular formula is C15H19N5O3S. The Kier molecular flexibility index (Phi) is 4.37. The molecule has 3 rings (SSSR count). The number of hydrogen-bond acceptors (Lipinski definition) is 7. The van der Waals surface area contributed by atoms with Crippen molar-refractivity contribution in [2.24, 2.45) is 4.40 Å². The van der Waals surface area contributed by atoms with E-state index in [-0.39, 0.29) is 17.5 Å². The Balaban J connectivity index is 1.78. The number of nitrogens with one attached hydrogen (secondary N) is 1. The summed E-state index contributed by atoms with van der Waals surface area (Å²) in [6, 6.07) is 7.00. The van der Waals surface area contributed by atoms with Crippen LogP contribution < -0.4 is 5.32 Å². The Morgan fingerprint density at radius 2 is 2.08 bits per heavy atom. The number of amidine groups is 1. The molecule has 0 bridgehead atoms. The van der Waals surface area contributed by atoms with Crippen LogP contribution in [0, 0.1) is 0 Å². The second-order valence-electron chi connectivity index (χ2n) is 5.74. The summed E-state index contributed by atoms with van der Waals surface area (Å²) in [5, 5.41) is 7.06. The maximum absolute atomic E-state index is 12.1. The van der Waals surface area contributed by atoms with Gasteiger partial charge in [0.05, 0.1) is 6.54 Å². The van der Waals surface area contributed by atoms with Crippen LogP contribution in [0.1, 0.15) is 24.2 Å². The molecule has 1 aliphatic rings. The van der Waals surface area contributed by atoms with Gasteiger partial charge in [-0.2, -0.15) is 13.4 Å². The third kappa shape index (κ3) is 3.17.